The third-order valence-electron chi connectivity index (χ3n) is 2.52. The third kappa shape index (κ3) is 2.29. The average molecular weight is 280 g/mol. The predicted octanol–water partition coefficient (Wildman–Crippen LogP) is 0.220. The number of nitro groups is 2. The second-order valence-corrected chi connectivity index (χ2v) is 3.74. The minimum atomic E-state index is -0.692. The molecule has 0 unspecified atom stereocenters. The lowest BCUT2D eigenvalue weighted by molar-refractivity contribution is -0.918. The van der Waals surface area contributed by atoms with Gasteiger partial charge in [0, 0.05) is 9.46 Å². The van der Waals surface area contributed by atoms with Crippen molar-refractivity contribution in [1.82, 2.24) is 0 Å². The molecule has 102 valence electrons. The van der Waals surface area contributed by atoms with Crippen molar-refractivity contribution in [3.8, 4) is 11.4 Å². The summed E-state index contributed by atoms with van der Waals surface area (Å²) in [5.74, 6) is 0. The molecule has 0 aliphatic rings. The second kappa shape index (κ2) is 4.76. The van der Waals surface area contributed by atoms with Gasteiger partial charge in [-0.15, -0.1) is 0 Å². The highest BCUT2D eigenvalue weighted by atomic mass is 16.6. The van der Waals surface area contributed by atoms with E-state index in [1.165, 1.54) is 0 Å². The Balaban J connectivity index is 2.67. The molecule has 0 fully saturated rings. The van der Waals surface area contributed by atoms with Crippen LogP contribution in [0.4, 0.5) is 11.4 Å². The minimum Gasteiger partial charge on any atom is -0.284 e. The molecule has 0 spiro atoms. The van der Waals surface area contributed by atoms with E-state index < -0.39 is 9.85 Å². The molecule has 2 N–H and O–H groups in total. The zero-order chi connectivity index (χ0) is 14.9. The van der Waals surface area contributed by atoms with Crippen molar-refractivity contribution < 1.29 is 29.7 Å². The van der Waals surface area contributed by atoms with Crippen molar-refractivity contribution in [2.45, 2.75) is 0 Å². The highest BCUT2D eigenvalue weighted by molar-refractivity contribution is 5.54. The average Bonchev–Trinajstić information content (AvgIpc) is 2.39. The first-order chi connectivity index (χ1) is 9.40. The summed E-state index contributed by atoms with van der Waals surface area (Å²) in [6.45, 7) is 0. The molecule has 2 aromatic rings. The first kappa shape index (κ1) is 13.1. The van der Waals surface area contributed by atoms with Gasteiger partial charge >= 0.3 is 11.4 Å². The molecule has 2 rings (SSSR count). The molecule has 2 heterocycles. The van der Waals surface area contributed by atoms with Gasteiger partial charge in [0.25, 0.3) is 11.4 Å². The van der Waals surface area contributed by atoms with Crippen molar-refractivity contribution in [3.05, 3.63) is 56.9 Å². The molecule has 10 heteroatoms. The number of nitrogens with zero attached hydrogens (tertiary/aromatic N) is 4. The Labute approximate surface area is 110 Å². The van der Waals surface area contributed by atoms with Gasteiger partial charge < -0.3 is 0 Å². The summed E-state index contributed by atoms with van der Waals surface area (Å²) in [4.78, 5) is 20.0. The highest BCUT2D eigenvalue weighted by Gasteiger charge is 2.30. The minimum absolute atomic E-state index is 0.176. The Morgan fingerprint density at radius 2 is 1.20 bits per heavy atom. The van der Waals surface area contributed by atoms with Crippen molar-refractivity contribution >= 4 is 11.4 Å². The van der Waals surface area contributed by atoms with Gasteiger partial charge in [-0.2, -0.15) is 0 Å². The van der Waals surface area contributed by atoms with Crippen molar-refractivity contribution in [1.29, 1.82) is 0 Å². The fraction of sp³-hybridized carbons (Fsp3) is 0. The van der Waals surface area contributed by atoms with Gasteiger partial charge in [-0.3, -0.25) is 30.6 Å². The van der Waals surface area contributed by atoms with Gasteiger partial charge in [-0.05, 0) is 0 Å². The van der Waals surface area contributed by atoms with E-state index in [1.807, 2.05) is 0 Å². The fourth-order valence-corrected chi connectivity index (χ4v) is 1.57. The summed E-state index contributed by atoms with van der Waals surface area (Å²) in [6.07, 6.45) is 1.98. The number of aromatic nitrogens is 2. The second-order valence-electron chi connectivity index (χ2n) is 3.74. The molecule has 0 aliphatic carbocycles. The summed E-state index contributed by atoms with van der Waals surface area (Å²) >= 11 is 0. The van der Waals surface area contributed by atoms with E-state index in [4.69, 9.17) is 0 Å². The first-order valence-corrected chi connectivity index (χ1v) is 5.19. The van der Waals surface area contributed by atoms with Crippen LogP contribution in [-0.4, -0.2) is 20.3 Å². The van der Waals surface area contributed by atoms with Crippen LogP contribution in [0.1, 0.15) is 0 Å². The molecule has 0 bridgehead atoms. The largest absolute Gasteiger partial charge is 0.339 e. The Morgan fingerprint density at radius 1 is 0.850 bits per heavy atom. The summed E-state index contributed by atoms with van der Waals surface area (Å²) < 4.78 is 1.03. The Bertz CT molecular complexity index is 655. The molecule has 20 heavy (non-hydrogen) atoms. The SMILES string of the molecule is O=[N+]([O-])c1cc[n+](O)c(-c2cc([N+](=O)[O-])cc[n+]2O)c1. The summed E-state index contributed by atoms with van der Waals surface area (Å²) in [5.41, 5.74) is -1.02. The predicted molar refractivity (Wildman–Crippen MR) is 59.9 cm³/mol. The fourth-order valence-electron chi connectivity index (χ4n) is 1.57. The summed E-state index contributed by atoms with van der Waals surface area (Å²) in [5, 5.41) is 40.6. The van der Waals surface area contributed by atoms with Crippen LogP contribution in [0.3, 0.4) is 0 Å². The molecule has 0 atom stereocenters. The highest BCUT2D eigenvalue weighted by Crippen LogP contribution is 2.20. The van der Waals surface area contributed by atoms with E-state index in [0.717, 1.165) is 36.7 Å². The summed E-state index contributed by atoms with van der Waals surface area (Å²) in [6, 6.07) is 4.04. The molecule has 0 saturated heterocycles. The Morgan fingerprint density at radius 3 is 1.50 bits per heavy atom. The Kier molecular flexibility index (Phi) is 3.13. The maximum Gasteiger partial charge on any atom is 0.339 e. The molecule has 0 amide bonds. The van der Waals surface area contributed by atoms with E-state index >= 15 is 0 Å². The van der Waals surface area contributed by atoms with Gasteiger partial charge in [-0.1, -0.05) is 0 Å². The normalized spacial score (nSPS) is 10.2. The molecular weight excluding hydrogens is 272 g/mol. The van der Waals surface area contributed by atoms with E-state index in [2.05, 4.69) is 0 Å². The zero-order valence-corrected chi connectivity index (χ0v) is 9.78. The maximum atomic E-state index is 10.7. The molecule has 0 saturated carbocycles. The van der Waals surface area contributed by atoms with E-state index in [1.54, 1.807) is 0 Å². The lowest BCUT2D eigenvalue weighted by atomic mass is 10.2. The van der Waals surface area contributed by atoms with Crippen LogP contribution in [0.5, 0.6) is 0 Å². The third-order valence-corrected chi connectivity index (χ3v) is 2.52. The van der Waals surface area contributed by atoms with Crippen LogP contribution in [0, 0.1) is 20.2 Å². The smallest absolute Gasteiger partial charge is 0.284 e. The van der Waals surface area contributed by atoms with Crippen LogP contribution >= 0.6 is 0 Å². The topological polar surface area (TPSA) is 134 Å². The lowest BCUT2D eigenvalue weighted by Gasteiger charge is -1.95. The molecular formula is C10H8N4O6+2. The maximum absolute atomic E-state index is 10.7. The molecule has 2 aromatic heterocycles. The van der Waals surface area contributed by atoms with Crippen LogP contribution in [0.15, 0.2) is 36.7 Å². The van der Waals surface area contributed by atoms with Crippen LogP contribution < -0.4 is 9.46 Å². The number of rotatable bonds is 3. The van der Waals surface area contributed by atoms with Crippen molar-refractivity contribution in [2.24, 2.45) is 0 Å². The van der Waals surface area contributed by atoms with E-state index in [0.29, 0.717) is 9.46 Å². The summed E-state index contributed by atoms with van der Waals surface area (Å²) in [7, 11) is 0. The molecule has 10 nitrogen and oxygen atoms in total. The number of pyridine rings is 2. The van der Waals surface area contributed by atoms with Gasteiger partial charge in [-0.25, -0.2) is 0 Å². The van der Waals surface area contributed by atoms with Crippen LogP contribution in [-0.2, 0) is 0 Å². The quantitative estimate of drug-likeness (QED) is 0.357. The van der Waals surface area contributed by atoms with E-state index in [9.17, 15) is 30.6 Å². The van der Waals surface area contributed by atoms with Crippen LogP contribution in [0.25, 0.3) is 11.4 Å². The zero-order valence-electron chi connectivity index (χ0n) is 9.78. The standard InChI is InChI=1S/C10H8N4O6/c15-11-3-1-7(13(17)18)5-9(11)10-6-8(14(19)20)2-4-12(10)16/h1-6,15-16H/q+2. The first-order valence-electron chi connectivity index (χ1n) is 5.19. The van der Waals surface area contributed by atoms with Crippen molar-refractivity contribution in [2.75, 3.05) is 0 Å². The molecule has 0 radical (unpaired) electrons. The van der Waals surface area contributed by atoms with E-state index in [-0.39, 0.29) is 22.8 Å². The molecule has 0 aliphatic heterocycles. The number of hydrogen-bond donors (Lipinski definition) is 2. The van der Waals surface area contributed by atoms with Crippen molar-refractivity contribution in [3.63, 3.8) is 0 Å². The number of hydrogen-bond acceptors (Lipinski definition) is 6. The van der Waals surface area contributed by atoms with Gasteiger partial charge in [0.2, 0.25) is 12.4 Å². The molecule has 0 aromatic carbocycles. The van der Waals surface area contributed by atoms with Gasteiger partial charge in [0.05, 0.1) is 22.0 Å². The Hall–Kier alpha value is -3.30. The van der Waals surface area contributed by atoms with Crippen LogP contribution in [0.2, 0.25) is 0 Å². The lowest BCUT2D eigenvalue weighted by Crippen LogP contribution is -2.40. The van der Waals surface area contributed by atoms with Gasteiger partial charge in [0.1, 0.15) is 12.1 Å². The monoisotopic (exact) mass is 280 g/mol. The van der Waals surface area contributed by atoms with Gasteiger partial charge in [0.15, 0.2) is 0 Å².